The summed E-state index contributed by atoms with van der Waals surface area (Å²) in [6, 6.07) is 2.93. The molecule has 52 heavy (non-hydrogen) atoms. The van der Waals surface area contributed by atoms with Crippen LogP contribution in [-0.4, -0.2) is 107 Å². The van der Waals surface area contributed by atoms with Gasteiger partial charge in [-0.05, 0) is 76.1 Å². The Bertz CT molecular complexity index is 1160. The molecular formula is C41H73NO9Si. The van der Waals surface area contributed by atoms with Gasteiger partial charge in [0, 0.05) is 32.5 Å². The molecule has 1 amide bonds. The number of ether oxygens (including phenoxy) is 5. The van der Waals surface area contributed by atoms with Crippen molar-refractivity contribution in [1.29, 1.82) is 0 Å². The highest BCUT2D eigenvalue weighted by Gasteiger charge is 2.46. The maximum atomic E-state index is 13.7. The zero-order valence-electron chi connectivity index (χ0n) is 34.5. The van der Waals surface area contributed by atoms with Gasteiger partial charge < -0.3 is 38.1 Å². The summed E-state index contributed by atoms with van der Waals surface area (Å²) in [5, 5.41) is 11.5. The summed E-state index contributed by atoms with van der Waals surface area (Å²) in [7, 11) is 1.34. The van der Waals surface area contributed by atoms with Crippen molar-refractivity contribution in [3.05, 3.63) is 36.0 Å². The van der Waals surface area contributed by atoms with Gasteiger partial charge in [0.05, 0.1) is 43.5 Å². The van der Waals surface area contributed by atoms with Crippen molar-refractivity contribution in [2.75, 3.05) is 33.9 Å². The summed E-state index contributed by atoms with van der Waals surface area (Å²) in [5.41, 5.74) is 0.0401. The smallest absolute Gasteiger partial charge is 0.409 e. The number of cyclic esters (lactones) is 1. The largest absolute Gasteiger partial charge is 0.457 e. The number of epoxide rings is 1. The minimum Gasteiger partial charge on any atom is -0.457 e. The number of rotatable bonds is 19. The number of allylic oxidation sites excluding steroid dienone is 3. The van der Waals surface area contributed by atoms with Crippen LogP contribution in [0.3, 0.4) is 0 Å². The number of amides is 1. The molecule has 10 atom stereocenters. The zero-order chi connectivity index (χ0) is 39.1. The first-order valence-electron chi connectivity index (χ1n) is 19.9. The quantitative estimate of drug-likeness (QED) is 0.0348. The Morgan fingerprint density at radius 3 is 2.38 bits per heavy atom. The van der Waals surface area contributed by atoms with Gasteiger partial charge in [-0.25, -0.2) is 4.79 Å². The lowest BCUT2D eigenvalue weighted by atomic mass is 9.88. The van der Waals surface area contributed by atoms with E-state index in [2.05, 4.69) is 40.7 Å². The Morgan fingerprint density at radius 2 is 1.79 bits per heavy atom. The fourth-order valence-corrected chi connectivity index (χ4v) is 10.0. The molecule has 0 bridgehead atoms. The molecule has 1 saturated heterocycles. The third-order valence-electron chi connectivity index (χ3n) is 11.1. The number of nitrogens with zero attached hydrogens (tertiary/aromatic N) is 1. The second-order valence-electron chi connectivity index (χ2n) is 15.4. The van der Waals surface area contributed by atoms with E-state index < -0.39 is 26.1 Å². The molecule has 0 saturated carbocycles. The maximum absolute atomic E-state index is 13.7. The van der Waals surface area contributed by atoms with Crippen molar-refractivity contribution in [3.8, 4) is 0 Å². The van der Waals surface area contributed by atoms with Gasteiger partial charge in [0.2, 0.25) is 0 Å². The highest BCUT2D eigenvalue weighted by atomic mass is 28.4. The Balaban J connectivity index is 2.22. The van der Waals surface area contributed by atoms with Crippen LogP contribution >= 0.6 is 0 Å². The first kappa shape index (κ1) is 46.1. The van der Waals surface area contributed by atoms with Crippen molar-refractivity contribution in [2.45, 2.75) is 162 Å². The normalized spacial score (nSPS) is 30.1. The van der Waals surface area contributed by atoms with Gasteiger partial charge in [-0.2, -0.15) is 0 Å². The number of carbonyl (C=O) groups excluding carboxylic acids is 2. The highest BCUT2D eigenvalue weighted by molar-refractivity contribution is 6.73. The number of aliphatic hydroxyl groups excluding tert-OH is 1. The average molecular weight is 752 g/mol. The monoisotopic (exact) mass is 752 g/mol. The SMILES string of the molecule is CCOCCOC1(C)CCC(O[Si](CC)(CC)CC)CC(=O)OC(/C(C)=C/C=C/C(C)CC2OC2C(C)C(CC)OC(=O)N(C)C)C(C)/C=C/C1O. The lowest BCUT2D eigenvalue weighted by Crippen LogP contribution is -2.45. The second-order valence-corrected chi connectivity index (χ2v) is 20.1. The summed E-state index contributed by atoms with van der Waals surface area (Å²) in [4.78, 5) is 27.2. The van der Waals surface area contributed by atoms with E-state index in [1.807, 2.05) is 52.8 Å². The Kier molecular flexibility index (Phi) is 19.9. The van der Waals surface area contributed by atoms with Gasteiger partial charge in [-0.1, -0.05) is 78.8 Å². The molecule has 0 aromatic heterocycles. The summed E-state index contributed by atoms with van der Waals surface area (Å²) in [6.45, 7) is 22.1. The predicted octanol–water partition coefficient (Wildman–Crippen LogP) is 8.25. The summed E-state index contributed by atoms with van der Waals surface area (Å²) in [6.07, 6.45) is 10.7. The third-order valence-corrected chi connectivity index (χ3v) is 15.8. The van der Waals surface area contributed by atoms with Gasteiger partial charge >= 0.3 is 12.1 Å². The molecule has 1 fully saturated rings. The van der Waals surface area contributed by atoms with Crippen molar-refractivity contribution in [1.82, 2.24) is 4.90 Å². The number of carbonyl (C=O) groups is 2. The van der Waals surface area contributed by atoms with Crippen molar-refractivity contribution in [3.63, 3.8) is 0 Å². The first-order valence-corrected chi connectivity index (χ1v) is 22.5. The van der Waals surface area contributed by atoms with Crippen LogP contribution in [0.2, 0.25) is 18.1 Å². The summed E-state index contributed by atoms with van der Waals surface area (Å²) >= 11 is 0. The second kappa shape index (κ2) is 22.4. The van der Waals surface area contributed by atoms with Crippen LogP contribution in [-0.2, 0) is 32.9 Å². The first-order chi connectivity index (χ1) is 24.6. The molecule has 300 valence electrons. The molecule has 1 N–H and O–H groups in total. The molecule has 2 aliphatic heterocycles. The van der Waals surface area contributed by atoms with E-state index in [0.29, 0.717) is 32.7 Å². The molecule has 2 heterocycles. The lowest BCUT2D eigenvalue weighted by Gasteiger charge is -2.38. The Morgan fingerprint density at radius 1 is 1.12 bits per heavy atom. The van der Waals surface area contributed by atoms with Crippen LogP contribution < -0.4 is 0 Å². The van der Waals surface area contributed by atoms with E-state index in [-0.39, 0.29) is 60.7 Å². The topological polar surface area (TPSA) is 116 Å². The van der Waals surface area contributed by atoms with E-state index in [1.54, 1.807) is 20.2 Å². The minimum atomic E-state index is -2.04. The number of esters is 1. The average Bonchev–Trinajstić information content (AvgIpc) is 3.89. The number of hydrogen-bond acceptors (Lipinski definition) is 9. The summed E-state index contributed by atoms with van der Waals surface area (Å²) < 4.78 is 36.7. The van der Waals surface area contributed by atoms with Gasteiger partial charge in [0.1, 0.15) is 18.3 Å². The molecule has 0 aliphatic carbocycles. The third kappa shape index (κ3) is 14.3. The van der Waals surface area contributed by atoms with E-state index in [9.17, 15) is 14.7 Å². The van der Waals surface area contributed by atoms with E-state index >= 15 is 0 Å². The fraction of sp³-hybridized carbons (Fsp3) is 0.805. The molecule has 0 spiro atoms. The molecule has 10 unspecified atom stereocenters. The van der Waals surface area contributed by atoms with Crippen LogP contribution in [0.1, 0.15) is 101 Å². The van der Waals surface area contributed by atoms with Crippen LogP contribution in [0.4, 0.5) is 4.79 Å². The van der Waals surface area contributed by atoms with Crippen molar-refractivity contribution in [2.24, 2.45) is 17.8 Å². The molecule has 10 nitrogen and oxygen atoms in total. The van der Waals surface area contributed by atoms with Crippen LogP contribution in [0.15, 0.2) is 36.0 Å². The molecule has 2 rings (SSSR count). The standard InChI is InChI=1S/C41H73NO9Si/c1-13-34(49-40(45)42(11)12)32(9)39-35(48-39)27-29(6)19-18-20-30(7)38-31(8)21-22-36(43)41(10,47-26-25-46-14-2)24-23-33(28-37(44)50-38)51-52(15-3,16-4)17-5/h18-22,29,31-36,38-39,43H,13-17,23-28H2,1-12H3/b19-18+,22-21+,30-20+. The maximum Gasteiger partial charge on any atom is 0.409 e. The number of hydrogen-bond donors (Lipinski definition) is 1. The predicted molar refractivity (Wildman–Crippen MR) is 210 cm³/mol. The minimum absolute atomic E-state index is 0.0659. The summed E-state index contributed by atoms with van der Waals surface area (Å²) in [5.74, 6) is -0.118. The Hall–Kier alpha value is -2.02. The number of aliphatic hydroxyl groups is 1. The molecule has 0 aromatic carbocycles. The molecule has 0 radical (unpaired) electrons. The highest BCUT2D eigenvalue weighted by Crippen LogP contribution is 2.38. The van der Waals surface area contributed by atoms with Crippen molar-refractivity contribution < 1.29 is 42.8 Å². The molecule has 0 aromatic rings. The zero-order valence-corrected chi connectivity index (χ0v) is 35.5. The van der Waals surface area contributed by atoms with Gasteiger partial charge in [0.15, 0.2) is 8.32 Å². The van der Waals surface area contributed by atoms with Gasteiger partial charge in [-0.3, -0.25) is 4.79 Å². The molecule has 11 heteroatoms. The van der Waals surface area contributed by atoms with Gasteiger partial charge in [-0.15, -0.1) is 0 Å². The van der Waals surface area contributed by atoms with E-state index in [4.69, 9.17) is 28.1 Å². The van der Waals surface area contributed by atoms with Crippen molar-refractivity contribution >= 4 is 20.4 Å². The fourth-order valence-electron chi connectivity index (χ4n) is 7.12. The Labute approximate surface area is 316 Å². The van der Waals surface area contributed by atoms with E-state index in [1.165, 1.54) is 4.90 Å². The van der Waals surface area contributed by atoms with Crippen LogP contribution in [0.5, 0.6) is 0 Å². The molecular weight excluding hydrogens is 679 g/mol. The van der Waals surface area contributed by atoms with Crippen LogP contribution in [0, 0.1) is 17.8 Å². The lowest BCUT2D eigenvalue weighted by molar-refractivity contribution is -0.151. The van der Waals surface area contributed by atoms with E-state index in [0.717, 1.165) is 36.5 Å². The van der Waals surface area contributed by atoms with Gasteiger partial charge in [0.25, 0.3) is 0 Å². The van der Waals surface area contributed by atoms with Crippen LogP contribution in [0.25, 0.3) is 0 Å². The molecule has 2 aliphatic rings.